The minimum absolute atomic E-state index is 0.459. The number of hydrogen-bond acceptors (Lipinski definition) is 8. The molecule has 4 heterocycles. The molecule has 0 saturated carbocycles. The Hall–Kier alpha value is -2.97. The first kappa shape index (κ1) is 22.8. The van der Waals surface area contributed by atoms with E-state index in [0.29, 0.717) is 19.2 Å². The number of rotatable bonds is 8. The summed E-state index contributed by atoms with van der Waals surface area (Å²) in [7, 11) is 0. The molecule has 0 unspecified atom stereocenters. The molecule has 1 aromatic carbocycles. The predicted molar refractivity (Wildman–Crippen MR) is 140 cm³/mol. The Morgan fingerprint density at radius 2 is 1.79 bits per heavy atom. The fourth-order valence-electron chi connectivity index (χ4n) is 4.34. The Morgan fingerprint density at radius 3 is 2.50 bits per heavy atom. The van der Waals surface area contributed by atoms with Gasteiger partial charge < -0.3 is 19.7 Å². The molecular formula is C26H31N5O2S. The molecule has 0 aliphatic carbocycles. The summed E-state index contributed by atoms with van der Waals surface area (Å²) in [6.45, 7) is 11.3. The number of piperazine rings is 1. The number of aromatic nitrogens is 3. The highest BCUT2D eigenvalue weighted by atomic mass is 32.1. The van der Waals surface area contributed by atoms with Gasteiger partial charge >= 0.3 is 6.01 Å². The van der Waals surface area contributed by atoms with Crippen molar-refractivity contribution in [1.82, 2.24) is 20.3 Å². The van der Waals surface area contributed by atoms with Crippen molar-refractivity contribution in [1.29, 1.82) is 0 Å². The summed E-state index contributed by atoms with van der Waals surface area (Å²) in [6, 6.07) is 10.8. The molecule has 3 aromatic heterocycles. The maximum atomic E-state index is 5.92. The first-order valence-electron chi connectivity index (χ1n) is 12.2. The van der Waals surface area contributed by atoms with Crippen LogP contribution in [0.4, 0.5) is 5.82 Å². The Balaban J connectivity index is 1.67. The maximum Gasteiger partial charge on any atom is 0.319 e. The van der Waals surface area contributed by atoms with E-state index >= 15 is 0 Å². The summed E-state index contributed by atoms with van der Waals surface area (Å²) in [6.07, 6.45) is 1.81. The van der Waals surface area contributed by atoms with E-state index in [-0.39, 0.29) is 0 Å². The van der Waals surface area contributed by atoms with Gasteiger partial charge in [0.15, 0.2) is 5.82 Å². The van der Waals surface area contributed by atoms with E-state index in [0.717, 1.165) is 82.3 Å². The van der Waals surface area contributed by atoms with Crippen LogP contribution in [-0.2, 0) is 6.42 Å². The molecule has 1 saturated heterocycles. The molecule has 4 aromatic rings. The van der Waals surface area contributed by atoms with Gasteiger partial charge in [0, 0.05) is 37.1 Å². The van der Waals surface area contributed by atoms with E-state index in [1.54, 1.807) is 11.3 Å². The van der Waals surface area contributed by atoms with Crippen LogP contribution >= 0.6 is 11.3 Å². The van der Waals surface area contributed by atoms with Crippen LogP contribution in [0.15, 0.2) is 30.3 Å². The highest BCUT2D eigenvalue weighted by Gasteiger charge is 2.23. The molecule has 1 fully saturated rings. The van der Waals surface area contributed by atoms with Crippen molar-refractivity contribution in [3.8, 4) is 23.0 Å². The molecule has 5 rings (SSSR count). The summed E-state index contributed by atoms with van der Waals surface area (Å²) >= 11 is 1.69. The summed E-state index contributed by atoms with van der Waals surface area (Å²) < 4.78 is 12.6. The zero-order valence-electron chi connectivity index (χ0n) is 20.1. The van der Waals surface area contributed by atoms with Gasteiger partial charge in [0.05, 0.1) is 23.6 Å². The van der Waals surface area contributed by atoms with Gasteiger partial charge in [-0.2, -0.15) is 9.97 Å². The van der Waals surface area contributed by atoms with Crippen LogP contribution in [0.25, 0.3) is 31.7 Å². The first-order valence-corrected chi connectivity index (χ1v) is 13.0. The number of nitrogens with one attached hydrogen (secondary N) is 1. The van der Waals surface area contributed by atoms with Crippen LogP contribution in [0, 0.1) is 0 Å². The third-order valence-corrected chi connectivity index (χ3v) is 7.09. The van der Waals surface area contributed by atoms with Gasteiger partial charge in [0.2, 0.25) is 0 Å². The van der Waals surface area contributed by atoms with Crippen LogP contribution in [0.3, 0.4) is 0 Å². The average Bonchev–Trinajstić information content (AvgIpc) is 3.26. The SMILES string of the molecule is CCCOc1nc(N2CCNCC2)c2sc3nc(-c4ccc(OCC)cc4)cc(CC)c3c2n1. The maximum absolute atomic E-state index is 5.92. The van der Waals surface area contributed by atoms with E-state index in [2.05, 4.69) is 42.3 Å². The van der Waals surface area contributed by atoms with Crippen molar-refractivity contribution < 1.29 is 9.47 Å². The molecule has 1 aliphatic rings. The van der Waals surface area contributed by atoms with Gasteiger partial charge in [-0.3, -0.25) is 0 Å². The number of ether oxygens (including phenoxy) is 2. The van der Waals surface area contributed by atoms with Crippen LogP contribution in [0.1, 0.15) is 32.8 Å². The summed E-state index contributed by atoms with van der Waals surface area (Å²) in [5.41, 5.74) is 4.25. The third kappa shape index (κ3) is 4.40. The standard InChI is InChI=1S/C26H31N5O2S/c1-4-15-33-26-29-22-21-17(5-2)16-20(18-7-9-19(10-8-18)32-6-3)28-25(21)34-23(22)24(30-26)31-13-11-27-12-14-31/h7-10,16,27H,4-6,11-15H2,1-3H3. The molecule has 0 atom stereocenters. The highest BCUT2D eigenvalue weighted by Crippen LogP contribution is 2.41. The lowest BCUT2D eigenvalue weighted by Crippen LogP contribution is -2.44. The topological polar surface area (TPSA) is 72.4 Å². The summed E-state index contributed by atoms with van der Waals surface area (Å²) in [5, 5.41) is 4.55. The van der Waals surface area contributed by atoms with Crippen LogP contribution in [0.2, 0.25) is 0 Å². The zero-order chi connectivity index (χ0) is 23.5. The van der Waals surface area contributed by atoms with E-state index in [9.17, 15) is 0 Å². The molecule has 0 radical (unpaired) electrons. The molecule has 1 N–H and O–H groups in total. The summed E-state index contributed by atoms with van der Waals surface area (Å²) in [4.78, 5) is 18.2. The van der Waals surface area contributed by atoms with Crippen molar-refractivity contribution in [3.05, 3.63) is 35.9 Å². The number of nitrogens with zero attached hydrogens (tertiary/aromatic N) is 4. The lowest BCUT2D eigenvalue weighted by Gasteiger charge is -2.28. The molecule has 178 valence electrons. The largest absolute Gasteiger partial charge is 0.494 e. The Morgan fingerprint density at radius 1 is 1.00 bits per heavy atom. The Labute approximate surface area is 204 Å². The minimum Gasteiger partial charge on any atom is -0.494 e. The lowest BCUT2D eigenvalue weighted by atomic mass is 10.0. The monoisotopic (exact) mass is 477 g/mol. The van der Waals surface area contributed by atoms with Crippen molar-refractivity contribution in [3.63, 3.8) is 0 Å². The molecule has 8 heteroatoms. The van der Waals surface area contributed by atoms with Crippen LogP contribution < -0.4 is 19.7 Å². The van der Waals surface area contributed by atoms with E-state index in [1.807, 2.05) is 19.1 Å². The average molecular weight is 478 g/mol. The second-order valence-electron chi connectivity index (χ2n) is 8.35. The van der Waals surface area contributed by atoms with Gasteiger partial charge in [-0.15, -0.1) is 11.3 Å². The second-order valence-corrected chi connectivity index (χ2v) is 9.35. The normalized spacial score (nSPS) is 14.1. The fraction of sp³-hybridized carbons (Fsp3) is 0.423. The highest BCUT2D eigenvalue weighted by molar-refractivity contribution is 7.26. The van der Waals surface area contributed by atoms with Gasteiger partial charge in [-0.1, -0.05) is 13.8 Å². The molecule has 0 spiro atoms. The number of hydrogen-bond donors (Lipinski definition) is 1. The molecule has 1 aliphatic heterocycles. The van der Waals surface area contributed by atoms with Crippen LogP contribution in [-0.4, -0.2) is 54.3 Å². The quantitative estimate of drug-likeness (QED) is 0.380. The van der Waals surface area contributed by atoms with Crippen molar-refractivity contribution in [2.24, 2.45) is 0 Å². The molecule has 7 nitrogen and oxygen atoms in total. The molecule has 0 amide bonds. The number of thiophene rings is 1. The number of anilines is 1. The molecular weight excluding hydrogens is 446 g/mol. The van der Waals surface area contributed by atoms with Gasteiger partial charge in [-0.25, -0.2) is 4.98 Å². The Bertz CT molecular complexity index is 1280. The smallest absolute Gasteiger partial charge is 0.319 e. The van der Waals surface area contributed by atoms with E-state index in [1.165, 1.54) is 5.56 Å². The van der Waals surface area contributed by atoms with Crippen LogP contribution in [0.5, 0.6) is 11.8 Å². The van der Waals surface area contributed by atoms with Gasteiger partial charge in [-0.05, 0) is 55.7 Å². The van der Waals surface area contributed by atoms with E-state index in [4.69, 9.17) is 24.4 Å². The Kier molecular flexibility index (Phi) is 6.78. The number of pyridine rings is 1. The van der Waals surface area contributed by atoms with Crippen molar-refractivity contribution >= 4 is 37.6 Å². The van der Waals surface area contributed by atoms with Crippen molar-refractivity contribution in [2.75, 3.05) is 44.3 Å². The van der Waals surface area contributed by atoms with Gasteiger partial charge in [0.25, 0.3) is 0 Å². The van der Waals surface area contributed by atoms with E-state index < -0.39 is 0 Å². The first-order chi connectivity index (χ1) is 16.7. The molecule has 34 heavy (non-hydrogen) atoms. The van der Waals surface area contributed by atoms with Crippen molar-refractivity contribution in [2.45, 2.75) is 33.6 Å². The zero-order valence-corrected chi connectivity index (χ0v) is 20.9. The molecule has 0 bridgehead atoms. The fourth-order valence-corrected chi connectivity index (χ4v) is 5.52. The minimum atomic E-state index is 0.459. The number of aryl methyl sites for hydroxylation is 1. The summed E-state index contributed by atoms with van der Waals surface area (Å²) in [5.74, 6) is 1.84. The second kappa shape index (κ2) is 10.1. The lowest BCUT2D eigenvalue weighted by molar-refractivity contribution is 0.293. The third-order valence-electron chi connectivity index (χ3n) is 6.02. The van der Waals surface area contributed by atoms with Gasteiger partial charge in [0.1, 0.15) is 16.1 Å². The number of fused-ring (bicyclic) bond motifs is 3. The number of benzene rings is 1. The predicted octanol–water partition coefficient (Wildman–Crippen LogP) is 5.07.